The first-order valence-corrected chi connectivity index (χ1v) is 4.44. The van der Waals surface area contributed by atoms with Crippen molar-refractivity contribution in [3.8, 4) is 0 Å². The van der Waals surface area contributed by atoms with Crippen LogP contribution in [-0.4, -0.2) is 16.3 Å². The van der Waals surface area contributed by atoms with Gasteiger partial charge >= 0.3 is 0 Å². The van der Waals surface area contributed by atoms with Crippen molar-refractivity contribution in [2.45, 2.75) is 20.4 Å². The average molecular weight is 179 g/mol. The fourth-order valence-corrected chi connectivity index (χ4v) is 1.13. The molecule has 1 rings (SSSR count). The molecule has 0 aliphatic rings. The zero-order valence-electron chi connectivity index (χ0n) is 8.59. The molecule has 0 atom stereocenters. The number of aryl methyl sites for hydroxylation is 1. The third-order valence-electron chi connectivity index (χ3n) is 2.08. The molecule has 0 saturated carbocycles. The summed E-state index contributed by atoms with van der Waals surface area (Å²) < 4.78 is 1.89. The predicted octanol–water partition coefficient (Wildman–Crippen LogP) is 1.39. The van der Waals surface area contributed by atoms with Gasteiger partial charge in [0, 0.05) is 31.4 Å². The van der Waals surface area contributed by atoms with Crippen LogP contribution in [-0.2, 0) is 13.6 Å². The summed E-state index contributed by atoms with van der Waals surface area (Å²) in [4.78, 5) is 0. The Labute approximate surface area is 79.5 Å². The van der Waals surface area contributed by atoms with E-state index in [2.05, 4.69) is 23.9 Å². The van der Waals surface area contributed by atoms with Crippen LogP contribution in [0.3, 0.4) is 0 Å². The van der Waals surface area contributed by atoms with E-state index in [-0.39, 0.29) is 0 Å². The number of hydrogen-bond acceptors (Lipinski definition) is 2. The van der Waals surface area contributed by atoms with Gasteiger partial charge in [0.15, 0.2) is 0 Å². The molecule has 72 valence electrons. The zero-order chi connectivity index (χ0) is 9.84. The van der Waals surface area contributed by atoms with Crippen molar-refractivity contribution in [2.24, 2.45) is 7.05 Å². The maximum absolute atomic E-state index is 4.17. The van der Waals surface area contributed by atoms with Crippen molar-refractivity contribution in [1.82, 2.24) is 15.1 Å². The number of rotatable bonds is 4. The van der Waals surface area contributed by atoms with Gasteiger partial charge in [0.2, 0.25) is 0 Å². The number of hydrogen-bond donors (Lipinski definition) is 1. The van der Waals surface area contributed by atoms with E-state index in [9.17, 15) is 0 Å². The molecule has 0 saturated heterocycles. The zero-order valence-corrected chi connectivity index (χ0v) is 8.59. The molecule has 0 aliphatic carbocycles. The fraction of sp³-hybridized carbons (Fsp3) is 0.500. The van der Waals surface area contributed by atoms with Crippen LogP contribution in [0.4, 0.5) is 0 Å². The lowest BCUT2D eigenvalue weighted by Crippen LogP contribution is -2.15. The van der Waals surface area contributed by atoms with Crippen molar-refractivity contribution in [3.05, 3.63) is 29.6 Å². The first kappa shape index (κ1) is 9.99. The van der Waals surface area contributed by atoms with Crippen LogP contribution in [0.2, 0.25) is 0 Å². The minimum absolute atomic E-state index is 0.868. The molecule has 0 radical (unpaired) electrons. The smallest absolute Gasteiger partial charge is 0.0537 e. The Morgan fingerprint density at radius 2 is 2.38 bits per heavy atom. The monoisotopic (exact) mass is 179 g/mol. The highest BCUT2D eigenvalue weighted by Crippen LogP contribution is 2.04. The molecule has 0 amide bonds. The molecule has 13 heavy (non-hydrogen) atoms. The minimum Gasteiger partial charge on any atom is -0.309 e. The van der Waals surface area contributed by atoms with Crippen molar-refractivity contribution in [3.63, 3.8) is 0 Å². The van der Waals surface area contributed by atoms with Gasteiger partial charge in [-0.15, -0.1) is 0 Å². The van der Waals surface area contributed by atoms with Crippen LogP contribution in [0.1, 0.15) is 18.2 Å². The Bertz CT molecular complexity index is 299. The molecule has 0 bridgehead atoms. The van der Waals surface area contributed by atoms with Gasteiger partial charge in [-0.1, -0.05) is 12.2 Å². The summed E-state index contributed by atoms with van der Waals surface area (Å²) in [5, 5.41) is 7.47. The maximum atomic E-state index is 4.17. The van der Waals surface area contributed by atoms with Crippen LogP contribution in [0.5, 0.6) is 0 Å². The van der Waals surface area contributed by atoms with E-state index >= 15 is 0 Å². The standard InChI is InChI=1S/C10H17N3/c1-8(2)5-11-6-10-7-12-13(4)9(10)3/h7,11H,1,5-6H2,2-4H3. The van der Waals surface area contributed by atoms with Gasteiger partial charge in [0.25, 0.3) is 0 Å². The Morgan fingerprint density at radius 1 is 1.69 bits per heavy atom. The molecule has 3 heteroatoms. The Hall–Kier alpha value is -1.09. The van der Waals surface area contributed by atoms with E-state index in [4.69, 9.17) is 0 Å². The molecule has 0 spiro atoms. The Balaban J connectivity index is 2.45. The molecule has 1 aromatic rings. The number of aromatic nitrogens is 2. The van der Waals surface area contributed by atoms with E-state index in [1.807, 2.05) is 24.9 Å². The lowest BCUT2D eigenvalue weighted by molar-refractivity contribution is 0.718. The average Bonchev–Trinajstić information content (AvgIpc) is 2.35. The summed E-state index contributed by atoms with van der Waals surface area (Å²) in [7, 11) is 1.96. The molecule has 0 unspecified atom stereocenters. The number of nitrogens with zero attached hydrogens (tertiary/aromatic N) is 2. The van der Waals surface area contributed by atoms with Gasteiger partial charge in [0.1, 0.15) is 0 Å². The molecule has 1 aromatic heterocycles. The van der Waals surface area contributed by atoms with Crippen LogP contribution in [0, 0.1) is 6.92 Å². The molecule has 0 aromatic carbocycles. The number of nitrogens with one attached hydrogen (secondary N) is 1. The summed E-state index contributed by atoms with van der Waals surface area (Å²) >= 11 is 0. The minimum atomic E-state index is 0.868. The first-order chi connectivity index (χ1) is 6.11. The van der Waals surface area contributed by atoms with Crippen molar-refractivity contribution < 1.29 is 0 Å². The van der Waals surface area contributed by atoms with Crippen molar-refractivity contribution in [1.29, 1.82) is 0 Å². The SMILES string of the molecule is C=C(C)CNCc1cnn(C)c1C. The van der Waals surface area contributed by atoms with E-state index in [1.165, 1.54) is 11.3 Å². The van der Waals surface area contributed by atoms with Crippen LogP contribution in [0.15, 0.2) is 18.3 Å². The van der Waals surface area contributed by atoms with Gasteiger partial charge < -0.3 is 5.32 Å². The van der Waals surface area contributed by atoms with Crippen LogP contribution >= 0.6 is 0 Å². The highest BCUT2D eigenvalue weighted by atomic mass is 15.3. The molecular formula is C10H17N3. The Morgan fingerprint density at radius 3 is 2.85 bits per heavy atom. The molecule has 1 N–H and O–H groups in total. The summed E-state index contributed by atoms with van der Waals surface area (Å²) in [5.41, 5.74) is 3.62. The highest BCUT2D eigenvalue weighted by molar-refractivity contribution is 5.15. The molecular weight excluding hydrogens is 162 g/mol. The topological polar surface area (TPSA) is 29.9 Å². The summed E-state index contributed by atoms with van der Waals surface area (Å²) in [6.45, 7) is 9.66. The second kappa shape index (κ2) is 4.23. The van der Waals surface area contributed by atoms with Crippen LogP contribution in [0.25, 0.3) is 0 Å². The predicted molar refractivity (Wildman–Crippen MR) is 54.5 cm³/mol. The van der Waals surface area contributed by atoms with E-state index in [0.717, 1.165) is 18.7 Å². The van der Waals surface area contributed by atoms with E-state index in [0.29, 0.717) is 0 Å². The van der Waals surface area contributed by atoms with Gasteiger partial charge in [-0.05, 0) is 13.8 Å². The Kier molecular flexibility index (Phi) is 3.25. The second-order valence-corrected chi connectivity index (χ2v) is 3.44. The summed E-state index contributed by atoms with van der Waals surface area (Å²) in [6.07, 6.45) is 1.90. The highest BCUT2D eigenvalue weighted by Gasteiger charge is 2.01. The molecule has 0 aliphatic heterocycles. The fourth-order valence-electron chi connectivity index (χ4n) is 1.13. The van der Waals surface area contributed by atoms with Gasteiger partial charge in [-0.2, -0.15) is 5.10 Å². The largest absolute Gasteiger partial charge is 0.309 e. The summed E-state index contributed by atoms with van der Waals surface area (Å²) in [6, 6.07) is 0. The second-order valence-electron chi connectivity index (χ2n) is 3.44. The van der Waals surface area contributed by atoms with Crippen molar-refractivity contribution >= 4 is 0 Å². The quantitative estimate of drug-likeness (QED) is 0.708. The lowest BCUT2D eigenvalue weighted by Gasteiger charge is -2.03. The van der Waals surface area contributed by atoms with E-state index in [1.54, 1.807) is 0 Å². The molecule has 0 fully saturated rings. The van der Waals surface area contributed by atoms with Gasteiger partial charge in [-0.25, -0.2) is 0 Å². The van der Waals surface area contributed by atoms with Crippen LogP contribution < -0.4 is 5.32 Å². The summed E-state index contributed by atoms with van der Waals surface area (Å²) in [5.74, 6) is 0. The third-order valence-corrected chi connectivity index (χ3v) is 2.08. The van der Waals surface area contributed by atoms with Crippen molar-refractivity contribution in [2.75, 3.05) is 6.54 Å². The van der Waals surface area contributed by atoms with Gasteiger partial charge in [0.05, 0.1) is 6.20 Å². The third kappa shape index (κ3) is 2.70. The maximum Gasteiger partial charge on any atom is 0.0537 e. The first-order valence-electron chi connectivity index (χ1n) is 4.44. The molecule has 1 heterocycles. The van der Waals surface area contributed by atoms with Gasteiger partial charge in [-0.3, -0.25) is 4.68 Å². The van der Waals surface area contributed by atoms with E-state index < -0.39 is 0 Å². The normalized spacial score (nSPS) is 10.4. The molecule has 3 nitrogen and oxygen atoms in total. The lowest BCUT2D eigenvalue weighted by atomic mass is 10.2.